The van der Waals surface area contributed by atoms with Crippen LogP contribution in [0.15, 0.2) is 24.4 Å². The van der Waals surface area contributed by atoms with E-state index in [-0.39, 0.29) is 36.0 Å². The molecule has 10 heteroatoms. The van der Waals surface area contributed by atoms with Crippen molar-refractivity contribution in [3.05, 3.63) is 40.9 Å². The summed E-state index contributed by atoms with van der Waals surface area (Å²) in [5.41, 5.74) is 1.82. The van der Waals surface area contributed by atoms with E-state index in [1.165, 1.54) is 18.2 Å². The van der Waals surface area contributed by atoms with Gasteiger partial charge in [-0.2, -0.15) is 5.10 Å². The van der Waals surface area contributed by atoms with Crippen LogP contribution in [0, 0.1) is 5.82 Å². The summed E-state index contributed by atoms with van der Waals surface area (Å²) in [6.07, 6.45) is 1.60. The van der Waals surface area contributed by atoms with Crippen molar-refractivity contribution < 1.29 is 19.1 Å². The highest BCUT2D eigenvalue weighted by Gasteiger charge is 2.34. The minimum absolute atomic E-state index is 0.0688. The molecule has 1 aromatic carbocycles. The predicted molar refractivity (Wildman–Crippen MR) is 105 cm³/mol. The third kappa shape index (κ3) is 3.79. The van der Waals surface area contributed by atoms with Crippen molar-refractivity contribution in [3.8, 4) is 0 Å². The van der Waals surface area contributed by atoms with Gasteiger partial charge in [-0.05, 0) is 31.5 Å². The summed E-state index contributed by atoms with van der Waals surface area (Å²) in [5.74, 6) is -0.712. The van der Waals surface area contributed by atoms with Gasteiger partial charge in [-0.3, -0.25) is 9.48 Å². The number of amides is 3. The molecule has 1 aromatic heterocycles. The predicted octanol–water partition coefficient (Wildman–Crippen LogP) is 2.60. The van der Waals surface area contributed by atoms with Crippen LogP contribution in [0.4, 0.5) is 20.6 Å². The Bertz CT molecular complexity index is 965. The number of hydrogen-bond acceptors (Lipinski definition) is 4. The molecule has 1 unspecified atom stereocenters. The number of anilines is 2. The van der Waals surface area contributed by atoms with Crippen LogP contribution >= 0.6 is 11.6 Å². The number of rotatable bonds is 2. The fourth-order valence-electron chi connectivity index (χ4n) is 3.72. The second-order valence-corrected chi connectivity index (χ2v) is 7.79. The number of hydrogen-bond donors (Lipinski definition) is 2. The molecule has 2 N–H and O–H groups in total. The van der Waals surface area contributed by atoms with Crippen LogP contribution in [0.1, 0.15) is 25.5 Å². The van der Waals surface area contributed by atoms with Crippen LogP contribution in [-0.2, 0) is 17.9 Å². The summed E-state index contributed by atoms with van der Waals surface area (Å²) in [6, 6.07) is 3.52. The summed E-state index contributed by atoms with van der Waals surface area (Å²) >= 11 is 5.79. The van der Waals surface area contributed by atoms with Gasteiger partial charge in [0.25, 0.3) is 0 Å². The lowest BCUT2D eigenvalue weighted by Crippen LogP contribution is -2.48. The number of nitrogens with zero attached hydrogens (tertiary/aromatic N) is 4. The van der Waals surface area contributed by atoms with Crippen LogP contribution in [-0.4, -0.2) is 50.4 Å². The Hall–Kier alpha value is -2.65. The van der Waals surface area contributed by atoms with E-state index in [1.54, 1.807) is 20.7 Å². The molecule has 8 nitrogen and oxygen atoms in total. The Labute approximate surface area is 171 Å². The Morgan fingerprint density at radius 3 is 2.93 bits per heavy atom. The van der Waals surface area contributed by atoms with Gasteiger partial charge in [-0.15, -0.1) is 0 Å². The van der Waals surface area contributed by atoms with E-state index in [4.69, 9.17) is 11.6 Å². The fraction of sp³-hybridized carbons (Fsp3) is 0.421. The number of aliphatic hydroxyl groups is 1. The Balaban J connectivity index is 1.54. The summed E-state index contributed by atoms with van der Waals surface area (Å²) in [7, 11) is 0. The maximum absolute atomic E-state index is 13.3. The van der Waals surface area contributed by atoms with Gasteiger partial charge in [-0.25, -0.2) is 9.18 Å². The SMILES string of the molecule is C[C@H]1Cn2ncc(N3CCC(O)CC3=O)c2CN1C(=O)Nc1ccc(F)c(Cl)c1. The van der Waals surface area contributed by atoms with Crippen molar-refractivity contribution in [2.24, 2.45) is 0 Å². The molecule has 0 aliphatic carbocycles. The van der Waals surface area contributed by atoms with Crippen molar-refractivity contribution in [2.45, 2.75) is 45.0 Å². The van der Waals surface area contributed by atoms with Gasteiger partial charge >= 0.3 is 6.03 Å². The number of aromatic nitrogens is 2. The minimum Gasteiger partial charge on any atom is -0.393 e. The van der Waals surface area contributed by atoms with Gasteiger partial charge in [0.05, 0.1) is 54.3 Å². The van der Waals surface area contributed by atoms with E-state index in [1.807, 2.05) is 6.92 Å². The third-order valence-electron chi connectivity index (χ3n) is 5.34. The molecule has 0 radical (unpaired) electrons. The third-order valence-corrected chi connectivity index (χ3v) is 5.63. The molecule has 3 heterocycles. The first kappa shape index (κ1) is 19.7. The van der Waals surface area contributed by atoms with Gasteiger partial charge in [0, 0.05) is 12.2 Å². The van der Waals surface area contributed by atoms with Crippen LogP contribution in [0.3, 0.4) is 0 Å². The van der Waals surface area contributed by atoms with Crippen LogP contribution in [0.2, 0.25) is 5.02 Å². The molecule has 4 rings (SSSR count). The summed E-state index contributed by atoms with van der Waals surface area (Å²) in [4.78, 5) is 28.5. The molecule has 29 heavy (non-hydrogen) atoms. The highest BCUT2D eigenvalue weighted by molar-refractivity contribution is 6.31. The number of urea groups is 1. The number of carbonyl (C=O) groups is 2. The molecule has 2 atom stereocenters. The minimum atomic E-state index is -0.616. The van der Waals surface area contributed by atoms with Gasteiger partial charge < -0.3 is 20.2 Å². The molecule has 2 aliphatic heterocycles. The normalized spacial score (nSPS) is 21.9. The van der Waals surface area contributed by atoms with E-state index in [2.05, 4.69) is 10.4 Å². The molecule has 0 saturated carbocycles. The quantitative estimate of drug-likeness (QED) is 0.779. The van der Waals surface area contributed by atoms with E-state index in [0.29, 0.717) is 30.9 Å². The number of fused-ring (bicyclic) bond motifs is 1. The molecule has 3 amide bonds. The number of carbonyl (C=O) groups excluding carboxylic acids is 2. The molecular formula is C19H21ClFN5O3. The van der Waals surface area contributed by atoms with Crippen LogP contribution in [0.25, 0.3) is 0 Å². The number of piperidine rings is 1. The average Bonchev–Trinajstić information content (AvgIpc) is 3.06. The van der Waals surface area contributed by atoms with Crippen molar-refractivity contribution in [2.75, 3.05) is 16.8 Å². The smallest absolute Gasteiger partial charge is 0.322 e. The summed E-state index contributed by atoms with van der Waals surface area (Å²) < 4.78 is 15.1. The molecule has 0 bridgehead atoms. The van der Waals surface area contributed by atoms with Crippen molar-refractivity contribution in [1.82, 2.24) is 14.7 Å². The zero-order valence-corrected chi connectivity index (χ0v) is 16.6. The summed E-state index contributed by atoms with van der Waals surface area (Å²) in [5, 5.41) is 16.7. The molecule has 1 fully saturated rings. The van der Waals surface area contributed by atoms with Crippen LogP contribution < -0.4 is 10.2 Å². The highest BCUT2D eigenvalue weighted by atomic mass is 35.5. The van der Waals surface area contributed by atoms with E-state index >= 15 is 0 Å². The number of halogens is 2. The topological polar surface area (TPSA) is 90.7 Å². The van der Waals surface area contributed by atoms with Gasteiger partial charge in [-0.1, -0.05) is 11.6 Å². The Morgan fingerprint density at radius 2 is 2.21 bits per heavy atom. The fourth-order valence-corrected chi connectivity index (χ4v) is 3.91. The lowest BCUT2D eigenvalue weighted by Gasteiger charge is -2.36. The first-order valence-corrected chi connectivity index (χ1v) is 9.77. The zero-order valence-electron chi connectivity index (χ0n) is 15.8. The monoisotopic (exact) mass is 421 g/mol. The maximum Gasteiger partial charge on any atom is 0.322 e. The van der Waals surface area contributed by atoms with Crippen molar-refractivity contribution in [1.29, 1.82) is 0 Å². The summed E-state index contributed by atoms with van der Waals surface area (Å²) in [6.45, 7) is 3.07. The van der Waals surface area contributed by atoms with E-state index in [0.717, 1.165) is 5.69 Å². The van der Waals surface area contributed by atoms with E-state index < -0.39 is 11.9 Å². The second-order valence-electron chi connectivity index (χ2n) is 7.39. The van der Waals surface area contributed by atoms with Gasteiger partial charge in [0.1, 0.15) is 5.82 Å². The Morgan fingerprint density at radius 1 is 1.41 bits per heavy atom. The maximum atomic E-state index is 13.3. The lowest BCUT2D eigenvalue weighted by molar-refractivity contribution is -0.122. The first-order chi connectivity index (χ1) is 13.8. The van der Waals surface area contributed by atoms with Crippen molar-refractivity contribution in [3.63, 3.8) is 0 Å². The molecular weight excluding hydrogens is 401 g/mol. The zero-order chi connectivity index (χ0) is 20.7. The average molecular weight is 422 g/mol. The van der Waals surface area contributed by atoms with Gasteiger partial charge in [0.2, 0.25) is 5.91 Å². The van der Waals surface area contributed by atoms with E-state index in [9.17, 15) is 19.1 Å². The largest absolute Gasteiger partial charge is 0.393 e. The first-order valence-electron chi connectivity index (χ1n) is 9.39. The molecule has 2 aliphatic rings. The molecule has 1 saturated heterocycles. The Kier molecular flexibility index (Phi) is 5.18. The highest BCUT2D eigenvalue weighted by Crippen LogP contribution is 2.30. The van der Waals surface area contributed by atoms with Crippen LogP contribution in [0.5, 0.6) is 0 Å². The molecule has 2 aromatic rings. The molecule has 154 valence electrons. The molecule has 0 spiro atoms. The number of nitrogens with one attached hydrogen (secondary N) is 1. The van der Waals surface area contributed by atoms with Gasteiger partial charge in [0.15, 0.2) is 0 Å². The number of aliphatic hydroxyl groups excluding tert-OH is 1. The second kappa shape index (κ2) is 7.64. The lowest BCUT2D eigenvalue weighted by atomic mass is 10.1. The standard InChI is InChI=1S/C19H21ClFN5O3/c1-11-9-26-17(16(8-22-26)24-5-4-13(27)7-18(24)28)10-25(11)19(29)23-12-2-3-15(21)14(20)6-12/h2-3,6,8,11,13,27H,4-5,7,9-10H2,1H3,(H,23,29)/t11-,13?/m0/s1. The van der Waals surface area contributed by atoms with Crippen molar-refractivity contribution >= 4 is 34.9 Å². The number of benzene rings is 1.